The molecule has 0 saturated heterocycles. The zero-order valence-corrected chi connectivity index (χ0v) is 9.48. The van der Waals surface area contributed by atoms with Crippen molar-refractivity contribution in [3.05, 3.63) is 29.3 Å². The first-order valence-corrected chi connectivity index (χ1v) is 4.97. The van der Waals surface area contributed by atoms with Crippen LogP contribution in [0.1, 0.15) is 11.1 Å². The van der Waals surface area contributed by atoms with Crippen LogP contribution in [0.2, 0.25) is 0 Å². The second-order valence-corrected chi connectivity index (χ2v) is 3.74. The Morgan fingerprint density at radius 2 is 1.94 bits per heavy atom. The van der Waals surface area contributed by atoms with E-state index in [0.717, 1.165) is 11.1 Å². The topological polar surface area (TPSA) is 41.1 Å². The summed E-state index contributed by atoms with van der Waals surface area (Å²) in [6, 6.07) is 4.39. The van der Waals surface area contributed by atoms with Crippen molar-refractivity contribution in [1.82, 2.24) is 5.32 Å². The van der Waals surface area contributed by atoms with E-state index in [1.165, 1.54) is 0 Å². The van der Waals surface area contributed by atoms with Crippen molar-refractivity contribution >= 4 is 11.7 Å². The molecule has 0 radical (unpaired) electrons. The van der Waals surface area contributed by atoms with Crippen LogP contribution in [0, 0.1) is 13.8 Å². The Bertz CT molecular complexity index is 416. The van der Waals surface area contributed by atoms with Crippen LogP contribution in [0.15, 0.2) is 18.2 Å². The molecule has 0 atom stereocenters. The number of halogens is 3. The quantitative estimate of drug-likeness (QED) is 0.827. The Balaban J connectivity index is 2.57. The number of alkyl halides is 3. The fourth-order valence-corrected chi connectivity index (χ4v) is 1.30. The van der Waals surface area contributed by atoms with Gasteiger partial charge >= 0.3 is 12.2 Å². The van der Waals surface area contributed by atoms with Gasteiger partial charge in [0.15, 0.2) is 0 Å². The van der Waals surface area contributed by atoms with Gasteiger partial charge in [-0.2, -0.15) is 13.2 Å². The monoisotopic (exact) mass is 246 g/mol. The highest BCUT2D eigenvalue weighted by Crippen LogP contribution is 2.16. The minimum atomic E-state index is -4.40. The van der Waals surface area contributed by atoms with Crippen LogP contribution in [-0.4, -0.2) is 18.8 Å². The molecule has 94 valence electrons. The van der Waals surface area contributed by atoms with E-state index >= 15 is 0 Å². The lowest BCUT2D eigenvalue weighted by molar-refractivity contribution is -0.122. The zero-order valence-electron chi connectivity index (χ0n) is 9.48. The summed E-state index contributed by atoms with van der Waals surface area (Å²) in [6.07, 6.45) is -4.40. The molecule has 1 aromatic rings. The summed E-state index contributed by atoms with van der Waals surface area (Å²) >= 11 is 0. The van der Waals surface area contributed by atoms with Gasteiger partial charge < -0.3 is 10.6 Å². The molecule has 0 bridgehead atoms. The molecule has 0 heterocycles. The third kappa shape index (κ3) is 4.76. The van der Waals surface area contributed by atoms with Gasteiger partial charge in [0, 0.05) is 5.69 Å². The molecule has 0 unspecified atom stereocenters. The summed E-state index contributed by atoms with van der Waals surface area (Å²) < 4.78 is 35.5. The number of rotatable bonds is 2. The first kappa shape index (κ1) is 13.3. The number of aryl methyl sites for hydroxylation is 2. The molecule has 3 nitrogen and oxygen atoms in total. The Hall–Kier alpha value is -1.72. The van der Waals surface area contributed by atoms with Crippen molar-refractivity contribution in [3.63, 3.8) is 0 Å². The van der Waals surface area contributed by atoms with Crippen molar-refractivity contribution in [2.24, 2.45) is 0 Å². The van der Waals surface area contributed by atoms with Gasteiger partial charge in [-0.3, -0.25) is 0 Å². The predicted molar refractivity (Wildman–Crippen MR) is 59.0 cm³/mol. The van der Waals surface area contributed by atoms with E-state index in [2.05, 4.69) is 5.32 Å². The van der Waals surface area contributed by atoms with Crippen molar-refractivity contribution in [3.8, 4) is 0 Å². The molecule has 0 aliphatic carbocycles. The molecule has 1 aromatic carbocycles. The van der Waals surface area contributed by atoms with Crippen molar-refractivity contribution in [2.75, 3.05) is 11.9 Å². The Labute approximate surface area is 97.0 Å². The second kappa shape index (κ2) is 5.07. The molecule has 0 aliphatic rings. The van der Waals surface area contributed by atoms with Gasteiger partial charge in [-0.05, 0) is 25.5 Å². The summed E-state index contributed by atoms with van der Waals surface area (Å²) in [4.78, 5) is 11.2. The molecule has 17 heavy (non-hydrogen) atoms. The van der Waals surface area contributed by atoms with Gasteiger partial charge in [-0.25, -0.2) is 4.79 Å². The van der Waals surface area contributed by atoms with Gasteiger partial charge in [0.1, 0.15) is 6.54 Å². The largest absolute Gasteiger partial charge is 0.405 e. The number of hydrogen-bond acceptors (Lipinski definition) is 1. The lowest BCUT2D eigenvalue weighted by Gasteiger charge is -2.11. The first-order chi connectivity index (χ1) is 7.78. The molecular formula is C11H13F3N2O. The lowest BCUT2D eigenvalue weighted by Crippen LogP contribution is -2.36. The molecule has 0 aromatic heterocycles. The van der Waals surface area contributed by atoms with Gasteiger partial charge in [0.2, 0.25) is 0 Å². The van der Waals surface area contributed by atoms with Crippen molar-refractivity contribution in [2.45, 2.75) is 20.0 Å². The minimum absolute atomic E-state index is 0.496. The number of urea groups is 1. The van der Waals surface area contributed by atoms with E-state index in [4.69, 9.17) is 0 Å². The van der Waals surface area contributed by atoms with Gasteiger partial charge in [-0.1, -0.05) is 17.7 Å². The van der Waals surface area contributed by atoms with E-state index in [0.29, 0.717) is 5.69 Å². The number of nitrogens with one attached hydrogen (secondary N) is 2. The summed E-state index contributed by atoms with van der Waals surface area (Å²) in [5.41, 5.74) is 2.31. The highest BCUT2D eigenvalue weighted by atomic mass is 19.4. The SMILES string of the molecule is Cc1ccc(NC(=O)NCC(F)(F)F)c(C)c1. The number of carbonyl (C=O) groups excluding carboxylic acids is 1. The summed E-state index contributed by atoms with van der Waals surface area (Å²) in [7, 11) is 0. The number of carbonyl (C=O) groups is 1. The van der Waals surface area contributed by atoms with Crippen LogP contribution in [0.5, 0.6) is 0 Å². The molecule has 0 aliphatic heterocycles. The van der Waals surface area contributed by atoms with Crippen LogP contribution in [0.3, 0.4) is 0 Å². The average Bonchev–Trinajstić information content (AvgIpc) is 2.18. The average molecular weight is 246 g/mol. The fraction of sp³-hybridized carbons (Fsp3) is 0.364. The highest BCUT2D eigenvalue weighted by Gasteiger charge is 2.27. The molecule has 6 heteroatoms. The van der Waals surface area contributed by atoms with E-state index in [9.17, 15) is 18.0 Å². The lowest BCUT2D eigenvalue weighted by atomic mass is 10.1. The number of benzene rings is 1. The maximum absolute atomic E-state index is 11.8. The molecular weight excluding hydrogens is 233 g/mol. The van der Waals surface area contributed by atoms with Crippen LogP contribution >= 0.6 is 0 Å². The predicted octanol–water partition coefficient (Wildman–Crippen LogP) is 2.99. The molecule has 2 N–H and O–H groups in total. The highest BCUT2D eigenvalue weighted by molar-refractivity contribution is 5.90. The Morgan fingerprint density at radius 3 is 2.47 bits per heavy atom. The maximum Gasteiger partial charge on any atom is 0.405 e. The Morgan fingerprint density at radius 1 is 1.29 bits per heavy atom. The number of amides is 2. The fourth-order valence-electron chi connectivity index (χ4n) is 1.30. The Kier molecular flexibility index (Phi) is 3.98. The van der Waals surface area contributed by atoms with Crippen molar-refractivity contribution in [1.29, 1.82) is 0 Å². The van der Waals surface area contributed by atoms with E-state index < -0.39 is 18.8 Å². The normalized spacial score (nSPS) is 11.1. The van der Waals surface area contributed by atoms with Crippen LogP contribution in [-0.2, 0) is 0 Å². The summed E-state index contributed by atoms with van der Waals surface area (Å²) in [5.74, 6) is 0. The summed E-state index contributed by atoms with van der Waals surface area (Å²) in [5, 5.41) is 4.10. The molecule has 2 amide bonds. The molecule has 1 rings (SSSR count). The second-order valence-electron chi connectivity index (χ2n) is 3.74. The van der Waals surface area contributed by atoms with Gasteiger partial charge in [0.05, 0.1) is 0 Å². The van der Waals surface area contributed by atoms with E-state index in [1.807, 2.05) is 13.0 Å². The van der Waals surface area contributed by atoms with Crippen LogP contribution in [0.4, 0.5) is 23.7 Å². The van der Waals surface area contributed by atoms with Crippen molar-refractivity contribution < 1.29 is 18.0 Å². The molecule has 0 fully saturated rings. The molecule has 0 saturated carbocycles. The molecule has 0 spiro atoms. The standard InChI is InChI=1S/C11H13F3N2O/c1-7-3-4-9(8(2)5-7)16-10(17)15-6-11(12,13)14/h3-5H,6H2,1-2H3,(H2,15,16,17). The van der Waals surface area contributed by atoms with Crippen LogP contribution < -0.4 is 10.6 Å². The summed E-state index contributed by atoms with van der Waals surface area (Å²) in [6.45, 7) is 2.32. The van der Waals surface area contributed by atoms with E-state index in [1.54, 1.807) is 24.4 Å². The first-order valence-electron chi connectivity index (χ1n) is 4.97. The minimum Gasteiger partial charge on any atom is -0.329 e. The maximum atomic E-state index is 11.8. The third-order valence-electron chi connectivity index (χ3n) is 2.08. The zero-order chi connectivity index (χ0) is 13.1. The smallest absolute Gasteiger partial charge is 0.329 e. The van der Waals surface area contributed by atoms with Gasteiger partial charge in [-0.15, -0.1) is 0 Å². The third-order valence-corrected chi connectivity index (χ3v) is 2.08. The number of anilines is 1. The van der Waals surface area contributed by atoms with Gasteiger partial charge in [0.25, 0.3) is 0 Å². The van der Waals surface area contributed by atoms with E-state index in [-0.39, 0.29) is 0 Å². The van der Waals surface area contributed by atoms with Crippen LogP contribution in [0.25, 0.3) is 0 Å². The number of hydrogen-bond donors (Lipinski definition) is 2.